The maximum absolute atomic E-state index is 12.1. The highest BCUT2D eigenvalue weighted by Crippen LogP contribution is 2.29. The lowest BCUT2D eigenvalue weighted by Crippen LogP contribution is -2.25. The monoisotopic (exact) mass is 393 g/mol. The van der Waals surface area contributed by atoms with Crippen molar-refractivity contribution in [1.82, 2.24) is 10.2 Å². The quantitative estimate of drug-likeness (QED) is 0.755. The van der Waals surface area contributed by atoms with Crippen LogP contribution in [0.25, 0.3) is 0 Å². The first-order valence-corrected chi connectivity index (χ1v) is 9.79. The van der Waals surface area contributed by atoms with Gasteiger partial charge in [-0.2, -0.15) is 0 Å². The average Bonchev–Trinajstić information content (AvgIpc) is 3.43. The molecule has 1 saturated heterocycles. The van der Waals surface area contributed by atoms with Gasteiger partial charge in [-0.05, 0) is 55.7 Å². The molecular weight excluding hydrogens is 370 g/mol. The van der Waals surface area contributed by atoms with Crippen LogP contribution >= 0.6 is 0 Å². The number of ether oxygens (including phenoxy) is 1. The summed E-state index contributed by atoms with van der Waals surface area (Å²) in [6.45, 7) is 1.12. The van der Waals surface area contributed by atoms with Crippen LogP contribution in [0.1, 0.15) is 52.0 Å². The molecule has 150 valence electrons. The maximum Gasteiger partial charge on any atom is 0.251 e. The molecule has 4 rings (SSSR count). The number of carbonyl (C=O) groups excluding carboxylic acids is 3. The van der Waals surface area contributed by atoms with Crippen molar-refractivity contribution in [3.8, 4) is 11.5 Å². The number of hydrogen-bond acceptors (Lipinski definition) is 4. The van der Waals surface area contributed by atoms with Crippen molar-refractivity contribution in [1.29, 1.82) is 0 Å². The van der Waals surface area contributed by atoms with Gasteiger partial charge in [0.1, 0.15) is 11.5 Å². The fourth-order valence-corrected chi connectivity index (χ4v) is 3.31. The van der Waals surface area contributed by atoms with Gasteiger partial charge in [0.15, 0.2) is 0 Å². The minimum atomic E-state index is -0.550. The van der Waals surface area contributed by atoms with Gasteiger partial charge in [0.25, 0.3) is 5.91 Å². The van der Waals surface area contributed by atoms with Gasteiger partial charge in [-0.1, -0.05) is 6.07 Å². The molecule has 2 aromatic carbocycles. The van der Waals surface area contributed by atoms with Crippen molar-refractivity contribution in [2.24, 2.45) is 5.73 Å². The Morgan fingerprint density at radius 2 is 1.83 bits per heavy atom. The van der Waals surface area contributed by atoms with Gasteiger partial charge in [0.05, 0.1) is 0 Å². The zero-order valence-corrected chi connectivity index (χ0v) is 16.0. The highest BCUT2D eigenvalue weighted by molar-refractivity contribution is 5.95. The smallest absolute Gasteiger partial charge is 0.251 e. The minimum Gasteiger partial charge on any atom is -0.457 e. The number of hydrogen-bond donors (Lipinski definition) is 2. The van der Waals surface area contributed by atoms with Crippen LogP contribution in [0.5, 0.6) is 11.5 Å². The molecule has 29 heavy (non-hydrogen) atoms. The van der Waals surface area contributed by atoms with Gasteiger partial charge >= 0.3 is 0 Å². The molecule has 0 bridgehead atoms. The summed E-state index contributed by atoms with van der Waals surface area (Å²) < 4.78 is 6.00. The molecule has 1 saturated carbocycles. The van der Waals surface area contributed by atoms with Crippen molar-refractivity contribution < 1.29 is 19.1 Å². The normalized spacial score (nSPS) is 16.0. The number of benzene rings is 2. The first-order chi connectivity index (χ1) is 14.0. The SMILES string of the molecule is NC(=O)c1ccc(CN2CCCC2=O)c(Oc2ccc(C(=O)NC3CC3)cc2)c1. The third-order valence-corrected chi connectivity index (χ3v) is 5.14. The molecule has 0 aromatic heterocycles. The summed E-state index contributed by atoms with van der Waals surface area (Å²) in [6, 6.07) is 12.1. The fourth-order valence-electron chi connectivity index (χ4n) is 3.31. The van der Waals surface area contributed by atoms with E-state index < -0.39 is 5.91 Å². The summed E-state index contributed by atoms with van der Waals surface area (Å²) >= 11 is 0. The minimum absolute atomic E-state index is 0.0944. The maximum atomic E-state index is 12.1. The van der Waals surface area contributed by atoms with Gasteiger partial charge < -0.3 is 20.7 Å². The molecule has 1 aliphatic carbocycles. The van der Waals surface area contributed by atoms with Crippen LogP contribution in [0.15, 0.2) is 42.5 Å². The molecule has 0 spiro atoms. The van der Waals surface area contributed by atoms with E-state index in [1.54, 1.807) is 47.4 Å². The molecule has 2 fully saturated rings. The summed E-state index contributed by atoms with van der Waals surface area (Å²) in [5.41, 5.74) is 7.10. The summed E-state index contributed by atoms with van der Waals surface area (Å²) in [4.78, 5) is 37.5. The Bertz CT molecular complexity index is 951. The van der Waals surface area contributed by atoms with Crippen LogP contribution in [-0.2, 0) is 11.3 Å². The number of primary amides is 1. The molecule has 0 radical (unpaired) electrons. The Morgan fingerprint density at radius 3 is 2.45 bits per heavy atom. The van der Waals surface area contributed by atoms with Crippen molar-refractivity contribution >= 4 is 17.7 Å². The zero-order valence-electron chi connectivity index (χ0n) is 16.0. The molecule has 0 atom stereocenters. The van der Waals surface area contributed by atoms with Crippen molar-refractivity contribution in [3.05, 3.63) is 59.2 Å². The third kappa shape index (κ3) is 4.56. The number of nitrogens with one attached hydrogen (secondary N) is 1. The van der Waals surface area contributed by atoms with Crippen LogP contribution < -0.4 is 15.8 Å². The molecule has 7 heteroatoms. The molecular formula is C22H23N3O4. The molecule has 3 N–H and O–H groups in total. The number of rotatable bonds is 7. The second-order valence-corrected chi connectivity index (χ2v) is 7.48. The van der Waals surface area contributed by atoms with Gasteiger partial charge in [-0.15, -0.1) is 0 Å². The van der Waals surface area contributed by atoms with E-state index in [0.717, 1.165) is 24.8 Å². The number of nitrogens with zero attached hydrogens (tertiary/aromatic N) is 1. The summed E-state index contributed by atoms with van der Waals surface area (Å²) in [5, 5.41) is 2.94. The van der Waals surface area contributed by atoms with Crippen molar-refractivity contribution in [3.63, 3.8) is 0 Å². The van der Waals surface area contributed by atoms with Crippen LogP contribution in [0.4, 0.5) is 0 Å². The number of amides is 3. The number of nitrogens with two attached hydrogens (primary N) is 1. The summed E-state index contributed by atoms with van der Waals surface area (Å²) in [5.74, 6) is 0.467. The van der Waals surface area contributed by atoms with Gasteiger partial charge in [0.2, 0.25) is 11.8 Å². The molecule has 2 aliphatic rings. The van der Waals surface area contributed by atoms with E-state index in [1.807, 2.05) is 0 Å². The van der Waals surface area contributed by atoms with E-state index in [9.17, 15) is 14.4 Å². The van der Waals surface area contributed by atoms with Crippen LogP contribution in [-0.4, -0.2) is 35.2 Å². The first-order valence-electron chi connectivity index (χ1n) is 9.79. The Morgan fingerprint density at radius 1 is 1.10 bits per heavy atom. The summed E-state index contributed by atoms with van der Waals surface area (Å²) in [6.07, 6.45) is 3.47. The van der Waals surface area contributed by atoms with Gasteiger partial charge in [-0.25, -0.2) is 0 Å². The van der Waals surface area contributed by atoms with Crippen LogP contribution in [0.3, 0.4) is 0 Å². The Kier molecular flexibility index (Phi) is 5.20. The van der Waals surface area contributed by atoms with E-state index in [0.29, 0.717) is 48.2 Å². The van der Waals surface area contributed by atoms with E-state index in [-0.39, 0.29) is 11.8 Å². The lowest BCUT2D eigenvalue weighted by molar-refractivity contribution is -0.128. The molecule has 1 aliphatic heterocycles. The lowest BCUT2D eigenvalue weighted by Gasteiger charge is -2.19. The fraction of sp³-hybridized carbons (Fsp3) is 0.318. The molecule has 0 unspecified atom stereocenters. The Balaban J connectivity index is 1.53. The molecule has 2 aromatic rings. The van der Waals surface area contributed by atoms with Gasteiger partial charge in [0, 0.05) is 42.2 Å². The Hall–Kier alpha value is -3.35. The lowest BCUT2D eigenvalue weighted by atomic mass is 10.1. The van der Waals surface area contributed by atoms with Crippen molar-refractivity contribution in [2.45, 2.75) is 38.3 Å². The second kappa shape index (κ2) is 7.95. The average molecular weight is 393 g/mol. The van der Waals surface area contributed by atoms with Gasteiger partial charge in [-0.3, -0.25) is 14.4 Å². The third-order valence-electron chi connectivity index (χ3n) is 5.14. The highest BCUT2D eigenvalue weighted by Gasteiger charge is 2.24. The van der Waals surface area contributed by atoms with Crippen LogP contribution in [0, 0.1) is 0 Å². The molecule has 3 amide bonds. The largest absolute Gasteiger partial charge is 0.457 e. The number of likely N-dealkylation sites (tertiary alicyclic amines) is 1. The standard InChI is InChI=1S/C22H23N3O4/c23-21(27)15-3-4-16(13-25-11-1-2-20(25)26)19(12-15)29-18-9-5-14(6-10-18)22(28)24-17-7-8-17/h3-6,9-10,12,17H,1-2,7-8,11,13H2,(H2,23,27)(H,24,28). The van der Waals surface area contributed by atoms with Crippen LogP contribution in [0.2, 0.25) is 0 Å². The topological polar surface area (TPSA) is 102 Å². The van der Waals surface area contributed by atoms with E-state index in [2.05, 4.69) is 5.32 Å². The van der Waals surface area contributed by atoms with E-state index in [1.165, 1.54) is 0 Å². The predicted octanol–water partition coefficient (Wildman–Crippen LogP) is 2.59. The van der Waals surface area contributed by atoms with E-state index in [4.69, 9.17) is 10.5 Å². The first kappa shape index (κ1) is 19.0. The second-order valence-electron chi connectivity index (χ2n) is 7.48. The van der Waals surface area contributed by atoms with E-state index >= 15 is 0 Å². The zero-order chi connectivity index (χ0) is 20.4. The molecule has 7 nitrogen and oxygen atoms in total. The molecule has 1 heterocycles. The van der Waals surface area contributed by atoms with Crippen molar-refractivity contribution in [2.75, 3.05) is 6.54 Å². The highest BCUT2D eigenvalue weighted by atomic mass is 16.5. The predicted molar refractivity (Wildman–Crippen MR) is 107 cm³/mol. The summed E-state index contributed by atoms with van der Waals surface area (Å²) in [7, 11) is 0. The Labute approximate surface area is 168 Å². The number of carbonyl (C=O) groups is 3.